The van der Waals surface area contributed by atoms with Gasteiger partial charge < -0.3 is 14.8 Å². The van der Waals surface area contributed by atoms with Crippen LogP contribution in [0.4, 0.5) is 5.69 Å². The number of thioether (sulfide) groups is 2. The lowest BCUT2D eigenvalue weighted by molar-refractivity contribution is -0.113. The third-order valence-corrected chi connectivity index (χ3v) is 6.24. The van der Waals surface area contributed by atoms with Gasteiger partial charge in [-0.1, -0.05) is 47.0 Å². The first-order valence-electron chi connectivity index (χ1n) is 7.27. The van der Waals surface area contributed by atoms with Gasteiger partial charge in [0, 0.05) is 17.5 Å². The Morgan fingerprint density at radius 3 is 2.40 bits per heavy atom. The SMILES string of the molecule is C=C(C)CSc1nnc(SCC(=O)Nc2ccc(OC)c(OC)c2)s1. The van der Waals surface area contributed by atoms with E-state index in [2.05, 4.69) is 22.1 Å². The van der Waals surface area contributed by atoms with Crippen molar-refractivity contribution in [2.24, 2.45) is 0 Å². The molecule has 0 aliphatic carbocycles. The first-order valence-corrected chi connectivity index (χ1v) is 10.1. The lowest BCUT2D eigenvalue weighted by atomic mass is 10.2. The highest BCUT2D eigenvalue weighted by molar-refractivity contribution is 8.03. The van der Waals surface area contributed by atoms with Gasteiger partial charge in [-0.25, -0.2) is 0 Å². The summed E-state index contributed by atoms with van der Waals surface area (Å²) >= 11 is 4.44. The number of hydrogen-bond acceptors (Lipinski definition) is 8. The molecule has 1 aromatic heterocycles. The zero-order valence-electron chi connectivity index (χ0n) is 14.2. The molecule has 2 aromatic rings. The first kappa shape index (κ1) is 19.6. The minimum Gasteiger partial charge on any atom is -0.493 e. The molecule has 25 heavy (non-hydrogen) atoms. The van der Waals surface area contributed by atoms with Gasteiger partial charge >= 0.3 is 0 Å². The second-order valence-corrected chi connectivity index (χ2v) is 8.41. The van der Waals surface area contributed by atoms with E-state index in [1.807, 2.05) is 6.92 Å². The van der Waals surface area contributed by atoms with Crippen LogP contribution in [0.5, 0.6) is 11.5 Å². The van der Waals surface area contributed by atoms with Gasteiger partial charge in [-0.15, -0.1) is 10.2 Å². The summed E-state index contributed by atoms with van der Waals surface area (Å²) in [5.74, 6) is 2.14. The van der Waals surface area contributed by atoms with Gasteiger partial charge in [-0.2, -0.15) is 0 Å². The number of amides is 1. The van der Waals surface area contributed by atoms with E-state index in [1.165, 1.54) is 23.1 Å². The molecule has 134 valence electrons. The molecule has 0 saturated carbocycles. The predicted molar refractivity (Wildman–Crippen MR) is 104 cm³/mol. The van der Waals surface area contributed by atoms with Crippen molar-refractivity contribution in [3.05, 3.63) is 30.4 Å². The van der Waals surface area contributed by atoms with E-state index >= 15 is 0 Å². The van der Waals surface area contributed by atoms with Gasteiger partial charge in [0.15, 0.2) is 20.2 Å². The van der Waals surface area contributed by atoms with Crippen molar-refractivity contribution in [1.82, 2.24) is 10.2 Å². The number of hydrogen-bond donors (Lipinski definition) is 1. The Balaban J connectivity index is 1.85. The van der Waals surface area contributed by atoms with E-state index in [4.69, 9.17) is 9.47 Å². The standard InChI is InChI=1S/C16H19N3O3S3/c1-10(2)8-23-15-18-19-16(25-15)24-9-14(20)17-11-5-6-12(21-3)13(7-11)22-4/h5-7H,1,8-9H2,2-4H3,(H,17,20). The largest absolute Gasteiger partial charge is 0.493 e. The molecule has 1 amide bonds. The molecule has 0 radical (unpaired) electrons. The lowest BCUT2D eigenvalue weighted by Crippen LogP contribution is -2.14. The third kappa shape index (κ3) is 6.26. The molecule has 0 unspecified atom stereocenters. The van der Waals surface area contributed by atoms with Crippen LogP contribution in [0.25, 0.3) is 0 Å². The summed E-state index contributed by atoms with van der Waals surface area (Å²) < 4.78 is 12.0. The monoisotopic (exact) mass is 397 g/mol. The summed E-state index contributed by atoms with van der Waals surface area (Å²) in [6.45, 7) is 5.83. The van der Waals surface area contributed by atoms with Gasteiger partial charge in [-0.3, -0.25) is 4.79 Å². The molecule has 0 atom stereocenters. The molecule has 1 aromatic carbocycles. The Hall–Kier alpha value is -1.71. The molecule has 0 aliphatic rings. The van der Waals surface area contributed by atoms with Gasteiger partial charge in [0.2, 0.25) is 5.91 Å². The number of anilines is 1. The quantitative estimate of drug-likeness (QED) is 0.507. The van der Waals surface area contributed by atoms with Gasteiger partial charge in [0.25, 0.3) is 0 Å². The van der Waals surface area contributed by atoms with E-state index in [1.54, 1.807) is 44.2 Å². The molecular weight excluding hydrogens is 378 g/mol. The van der Waals surface area contributed by atoms with Crippen molar-refractivity contribution >= 4 is 46.5 Å². The van der Waals surface area contributed by atoms with E-state index in [9.17, 15) is 4.79 Å². The number of nitrogens with zero attached hydrogens (tertiary/aromatic N) is 2. The minimum absolute atomic E-state index is 0.122. The molecule has 0 fully saturated rings. The van der Waals surface area contributed by atoms with Crippen LogP contribution in [0, 0.1) is 0 Å². The molecule has 9 heteroatoms. The average Bonchev–Trinajstić information content (AvgIpc) is 3.06. The smallest absolute Gasteiger partial charge is 0.234 e. The zero-order valence-corrected chi connectivity index (χ0v) is 16.6. The molecule has 0 aliphatic heterocycles. The van der Waals surface area contributed by atoms with Gasteiger partial charge in [0.1, 0.15) is 0 Å². The van der Waals surface area contributed by atoms with Crippen LogP contribution in [0.15, 0.2) is 39.0 Å². The van der Waals surface area contributed by atoms with Gasteiger partial charge in [-0.05, 0) is 19.1 Å². The normalized spacial score (nSPS) is 10.4. The maximum atomic E-state index is 12.1. The number of aromatic nitrogens is 2. The Morgan fingerprint density at radius 1 is 1.16 bits per heavy atom. The fraction of sp³-hybridized carbons (Fsp3) is 0.312. The van der Waals surface area contributed by atoms with Crippen LogP contribution >= 0.6 is 34.9 Å². The number of carbonyl (C=O) groups is 1. The van der Waals surface area contributed by atoms with E-state index in [0.29, 0.717) is 17.2 Å². The maximum Gasteiger partial charge on any atom is 0.234 e. The highest BCUT2D eigenvalue weighted by Gasteiger charge is 2.10. The Kier molecular flexibility index (Phi) is 7.60. The van der Waals surface area contributed by atoms with Gasteiger partial charge in [0.05, 0.1) is 20.0 Å². The fourth-order valence-corrected chi connectivity index (χ4v) is 4.40. The molecule has 0 saturated heterocycles. The van der Waals surface area contributed by atoms with Crippen molar-refractivity contribution in [3.63, 3.8) is 0 Å². The van der Waals surface area contributed by atoms with Crippen LogP contribution in [0.1, 0.15) is 6.92 Å². The molecular formula is C16H19N3O3S3. The number of rotatable bonds is 9. The summed E-state index contributed by atoms with van der Waals surface area (Å²) in [4.78, 5) is 12.1. The number of ether oxygens (including phenoxy) is 2. The predicted octanol–water partition coefficient (Wildman–Crippen LogP) is 3.95. The Labute approximate surface area is 159 Å². The second-order valence-electron chi connectivity index (χ2n) is 4.99. The van der Waals surface area contributed by atoms with Crippen LogP contribution in [0.3, 0.4) is 0 Å². The van der Waals surface area contributed by atoms with Crippen LogP contribution in [0.2, 0.25) is 0 Å². The molecule has 0 spiro atoms. The molecule has 0 bridgehead atoms. The lowest BCUT2D eigenvalue weighted by Gasteiger charge is -2.10. The second kappa shape index (κ2) is 9.69. The molecule has 1 N–H and O–H groups in total. The maximum absolute atomic E-state index is 12.1. The van der Waals surface area contributed by atoms with E-state index in [-0.39, 0.29) is 11.7 Å². The third-order valence-electron chi connectivity index (χ3n) is 2.82. The Bertz CT molecular complexity index is 749. The average molecular weight is 398 g/mol. The number of methoxy groups -OCH3 is 2. The van der Waals surface area contributed by atoms with Crippen molar-refractivity contribution in [2.45, 2.75) is 15.6 Å². The van der Waals surface area contributed by atoms with Crippen molar-refractivity contribution < 1.29 is 14.3 Å². The summed E-state index contributed by atoms with van der Waals surface area (Å²) in [6.07, 6.45) is 0. The highest BCUT2D eigenvalue weighted by Crippen LogP contribution is 2.31. The number of benzene rings is 1. The van der Waals surface area contributed by atoms with Crippen LogP contribution in [-0.4, -0.2) is 41.8 Å². The van der Waals surface area contributed by atoms with Crippen LogP contribution in [-0.2, 0) is 4.79 Å². The topological polar surface area (TPSA) is 73.3 Å². The summed E-state index contributed by atoms with van der Waals surface area (Å²) in [5, 5.41) is 11.0. The van der Waals surface area contributed by atoms with Crippen molar-refractivity contribution in [2.75, 3.05) is 31.0 Å². The van der Waals surface area contributed by atoms with Crippen molar-refractivity contribution in [1.29, 1.82) is 0 Å². The minimum atomic E-state index is -0.122. The summed E-state index contributed by atoms with van der Waals surface area (Å²) in [6, 6.07) is 5.23. The number of nitrogens with one attached hydrogen (secondary N) is 1. The number of carbonyl (C=O) groups excluding carboxylic acids is 1. The zero-order chi connectivity index (χ0) is 18.2. The summed E-state index contributed by atoms with van der Waals surface area (Å²) in [5.41, 5.74) is 1.74. The highest BCUT2D eigenvalue weighted by atomic mass is 32.2. The molecule has 6 nitrogen and oxygen atoms in total. The molecule has 1 heterocycles. The van der Waals surface area contributed by atoms with E-state index < -0.39 is 0 Å². The summed E-state index contributed by atoms with van der Waals surface area (Å²) in [7, 11) is 3.12. The Morgan fingerprint density at radius 2 is 1.80 bits per heavy atom. The van der Waals surface area contributed by atoms with Crippen molar-refractivity contribution in [3.8, 4) is 11.5 Å². The first-order chi connectivity index (χ1) is 12.0. The van der Waals surface area contributed by atoms with E-state index in [0.717, 1.165) is 20.0 Å². The molecule has 2 rings (SSSR count). The van der Waals surface area contributed by atoms with Crippen LogP contribution < -0.4 is 14.8 Å². The fourth-order valence-electron chi connectivity index (χ4n) is 1.74.